The molecule has 16 heavy (non-hydrogen) atoms. The quantitative estimate of drug-likeness (QED) is 0.821. The molecule has 0 saturated heterocycles. The van der Waals surface area contributed by atoms with Crippen molar-refractivity contribution in [1.29, 1.82) is 0 Å². The van der Waals surface area contributed by atoms with Gasteiger partial charge in [0.2, 0.25) is 0 Å². The van der Waals surface area contributed by atoms with E-state index in [1.54, 1.807) is 11.3 Å². The number of ether oxygens (including phenoxy) is 1. The van der Waals surface area contributed by atoms with Gasteiger partial charge in [0, 0.05) is 22.2 Å². The summed E-state index contributed by atoms with van der Waals surface area (Å²) < 4.78 is 5.68. The van der Waals surface area contributed by atoms with Crippen LogP contribution in [0.15, 0.2) is 11.4 Å². The third-order valence-electron chi connectivity index (χ3n) is 1.77. The Bertz CT molecular complexity index is 377. The van der Waals surface area contributed by atoms with Crippen LogP contribution in [0.1, 0.15) is 37.6 Å². The van der Waals surface area contributed by atoms with Crippen LogP contribution in [0.5, 0.6) is 0 Å². The first kappa shape index (κ1) is 13.2. The molecule has 0 amide bonds. The van der Waals surface area contributed by atoms with Gasteiger partial charge in [-0.2, -0.15) is 0 Å². The molecule has 0 aliphatic carbocycles. The van der Waals surface area contributed by atoms with Gasteiger partial charge < -0.3 is 9.84 Å². The maximum atomic E-state index is 8.60. The molecule has 0 fully saturated rings. The van der Waals surface area contributed by atoms with E-state index in [1.165, 1.54) is 4.88 Å². The number of hydrogen-bond donors (Lipinski definition) is 1. The van der Waals surface area contributed by atoms with Gasteiger partial charge in [-0.1, -0.05) is 11.8 Å². The van der Waals surface area contributed by atoms with Gasteiger partial charge in [0.25, 0.3) is 0 Å². The number of aliphatic hydroxyl groups excluding tert-OH is 1. The second kappa shape index (κ2) is 6.05. The van der Waals surface area contributed by atoms with Crippen molar-refractivity contribution in [1.82, 2.24) is 0 Å². The van der Waals surface area contributed by atoms with Crippen molar-refractivity contribution in [3.05, 3.63) is 21.9 Å². The van der Waals surface area contributed by atoms with Crippen LogP contribution in [0.4, 0.5) is 0 Å². The highest BCUT2D eigenvalue weighted by Gasteiger charge is 2.10. The Kier molecular flexibility index (Phi) is 5.01. The molecule has 1 rings (SSSR count). The average molecular weight is 238 g/mol. The molecule has 0 spiro atoms. The first-order valence-electron chi connectivity index (χ1n) is 5.32. The van der Waals surface area contributed by atoms with Crippen LogP contribution in [0, 0.1) is 11.8 Å². The average Bonchev–Trinajstić information content (AvgIpc) is 2.62. The normalized spacial score (nSPS) is 11.0. The lowest BCUT2D eigenvalue weighted by molar-refractivity contribution is -0.0136. The Morgan fingerprint density at radius 3 is 2.81 bits per heavy atom. The zero-order chi connectivity index (χ0) is 12.0. The van der Waals surface area contributed by atoms with E-state index in [0.717, 1.165) is 5.56 Å². The molecule has 0 saturated carbocycles. The van der Waals surface area contributed by atoms with Gasteiger partial charge in [-0.3, -0.25) is 0 Å². The minimum Gasteiger partial charge on any atom is -0.395 e. The summed E-state index contributed by atoms with van der Waals surface area (Å²) in [7, 11) is 0. The molecule has 1 heterocycles. The standard InChI is InChI=1S/C13H18O2S/c1-13(2,3)15-9-12-8-11(10-16-12)6-4-5-7-14/h8,10,14H,5,7,9H2,1-3H3. The van der Waals surface area contributed by atoms with E-state index < -0.39 is 0 Å². The Morgan fingerprint density at radius 1 is 1.44 bits per heavy atom. The molecule has 1 aromatic rings. The zero-order valence-corrected chi connectivity index (χ0v) is 10.9. The van der Waals surface area contributed by atoms with Crippen LogP contribution in [-0.4, -0.2) is 17.3 Å². The fourth-order valence-corrected chi connectivity index (χ4v) is 1.76. The highest BCUT2D eigenvalue weighted by molar-refractivity contribution is 7.10. The van der Waals surface area contributed by atoms with Crippen LogP contribution >= 0.6 is 11.3 Å². The second-order valence-electron chi connectivity index (χ2n) is 4.48. The van der Waals surface area contributed by atoms with Crippen LogP contribution in [0.3, 0.4) is 0 Å². The van der Waals surface area contributed by atoms with E-state index in [4.69, 9.17) is 9.84 Å². The fourth-order valence-electron chi connectivity index (χ4n) is 1.03. The second-order valence-corrected chi connectivity index (χ2v) is 5.47. The van der Waals surface area contributed by atoms with Crippen molar-refractivity contribution in [2.45, 2.75) is 39.4 Å². The molecule has 0 unspecified atom stereocenters. The Hall–Kier alpha value is -0.820. The highest BCUT2D eigenvalue weighted by atomic mass is 32.1. The van der Waals surface area contributed by atoms with E-state index in [-0.39, 0.29) is 12.2 Å². The lowest BCUT2D eigenvalue weighted by Gasteiger charge is -2.18. The van der Waals surface area contributed by atoms with Crippen LogP contribution in [0.2, 0.25) is 0 Å². The van der Waals surface area contributed by atoms with Crippen LogP contribution in [0.25, 0.3) is 0 Å². The van der Waals surface area contributed by atoms with Crippen molar-refractivity contribution in [3.8, 4) is 11.8 Å². The summed E-state index contributed by atoms with van der Waals surface area (Å²) in [5.74, 6) is 5.91. The van der Waals surface area contributed by atoms with Crippen LogP contribution in [-0.2, 0) is 11.3 Å². The van der Waals surface area contributed by atoms with Crippen molar-refractivity contribution in [3.63, 3.8) is 0 Å². The van der Waals surface area contributed by atoms with Gasteiger partial charge in [-0.25, -0.2) is 0 Å². The molecule has 0 bridgehead atoms. The summed E-state index contributed by atoms with van der Waals surface area (Å²) in [6.45, 7) is 6.89. The van der Waals surface area contributed by atoms with Gasteiger partial charge in [0.05, 0.1) is 18.8 Å². The van der Waals surface area contributed by atoms with E-state index in [1.807, 2.05) is 32.2 Å². The molecule has 88 valence electrons. The first-order valence-corrected chi connectivity index (χ1v) is 6.20. The summed E-state index contributed by atoms with van der Waals surface area (Å²) in [6.07, 6.45) is 0.531. The molecule has 2 nitrogen and oxygen atoms in total. The zero-order valence-electron chi connectivity index (χ0n) is 10.0. The SMILES string of the molecule is CC(C)(C)OCc1cc(C#CCCO)cs1. The van der Waals surface area contributed by atoms with Gasteiger partial charge in [-0.15, -0.1) is 11.3 Å². The molecule has 3 heteroatoms. The van der Waals surface area contributed by atoms with Gasteiger partial charge in [0.1, 0.15) is 0 Å². The molecule has 0 aromatic carbocycles. The molecule has 1 N–H and O–H groups in total. The summed E-state index contributed by atoms with van der Waals surface area (Å²) in [5.41, 5.74) is 0.901. The van der Waals surface area contributed by atoms with E-state index in [9.17, 15) is 0 Å². The molecular weight excluding hydrogens is 220 g/mol. The number of thiophene rings is 1. The Labute approximate surface area is 101 Å². The maximum absolute atomic E-state index is 8.60. The highest BCUT2D eigenvalue weighted by Crippen LogP contribution is 2.18. The molecule has 0 aliphatic rings. The topological polar surface area (TPSA) is 29.5 Å². The number of hydrogen-bond acceptors (Lipinski definition) is 3. The lowest BCUT2D eigenvalue weighted by Crippen LogP contribution is -2.18. The third-order valence-corrected chi connectivity index (χ3v) is 2.68. The minimum absolute atomic E-state index is 0.104. The predicted molar refractivity (Wildman–Crippen MR) is 67.4 cm³/mol. The van der Waals surface area contributed by atoms with Gasteiger partial charge in [0.15, 0.2) is 0 Å². The van der Waals surface area contributed by atoms with E-state index in [0.29, 0.717) is 13.0 Å². The number of aliphatic hydroxyl groups is 1. The van der Waals surface area contributed by atoms with Crippen molar-refractivity contribution in [2.24, 2.45) is 0 Å². The minimum atomic E-state index is -0.104. The molecule has 1 aromatic heterocycles. The molecule has 0 atom stereocenters. The summed E-state index contributed by atoms with van der Waals surface area (Å²) in [4.78, 5) is 1.18. The Balaban J connectivity index is 2.50. The third kappa shape index (κ3) is 5.32. The monoisotopic (exact) mass is 238 g/mol. The fraction of sp³-hybridized carbons (Fsp3) is 0.538. The van der Waals surface area contributed by atoms with Crippen LogP contribution < -0.4 is 0 Å². The lowest BCUT2D eigenvalue weighted by atomic mass is 10.2. The van der Waals surface area contributed by atoms with E-state index >= 15 is 0 Å². The number of rotatable bonds is 3. The van der Waals surface area contributed by atoms with Crippen molar-refractivity contribution >= 4 is 11.3 Å². The molecule has 0 radical (unpaired) electrons. The smallest absolute Gasteiger partial charge is 0.0816 e. The summed E-state index contributed by atoms with van der Waals surface area (Å²) in [6, 6.07) is 2.04. The first-order chi connectivity index (χ1) is 7.51. The molecular formula is C13H18O2S. The van der Waals surface area contributed by atoms with Gasteiger partial charge >= 0.3 is 0 Å². The Morgan fingerprint density at radius 2 is 2.19 bits per heavy atom. The van der Waals surface area contributed by atoms with Gasteiger partial charge in [-0.05, 0) is 26.8 Å². The maximum Gasteiger partial charge on any atom is 0.0816 e. The summed E-state index contributed by atoms with van der Waals surface area (Å²) in [5, 5.41) is 10.6. The van der Waals surface area contributed by atoms with E-state index in [2.05, 4.69) is 11.8 Å². The van der Waals surface area contributed by atoms with Crippen molar-refractivity contribution in [2.75, 3.05) is 6.61 Å². The predicted octanol–water partition coefficient (Wildman–Crippen LogP) is 2.80. The summed E-state index contributed by atoms with van der Waals surface area (Å²) >= 11 is 1.66. The van der Waals surface area contributed by atoms with Crippen molar-refractivity contribution < 1.29 is 9.84 Å². The largest absolute Gasteiger partial charge is 0.395 e. The molecule has 0 aliphatic heterocycles.